The van der Waals surface area contributed by atoms with Gasteiger partial charge in [0.15, 0.2) is 23.3 Å². The van der Waals surface area contributed by atoms with Crippen molar-refractivity contribution in [1.82, 2.24) is 0 Å². The summed E-state index contributed by atoms with van der Waals surface area (Å²) in [5, 5.41) is 20.7. The van der Waals surface area contributed by atoms with Crippen LogP contribution in [0.4, 0.5) is 22.0 Å². The van der Waals surface area contributed by atoms with Gasteiger partial charge in [0, 0.05) is 5.56 Å². The Balaban J connectivity index is 3.69. The largest absolute Gasteiger partial charge is 0.549 e. The van der Waals surface area contributed by atoms with Gasteiger partial charge in [-0.15, -0.1) is 0 Å². The maximum absolute atomic E-state index is 13.1. The second kappa shape index (κ2) is 4.59. The normalized spacial score (nSPS) is 10.8. The highest BCUT2D eigenvalue weighted by molar-refractivity contribution is 5.97. The van der Waals surface area contributed by atoms with Gasteiger partial charge in [-0.3, -0.25) is 0 Å². The zero-order valence-electron chi connectivity index (χ0n) is 8.10. The summed E-state index contributed by atoms with van der Waals surface area (Å²) in [7, 11) is 0. The molecule has 0 amide bonds. The van der Waals surface area contributed by atoms with Gasteiger partial charge in [0.2, 0.25) is 5.82 Å². The average molecular weight is 268 g/mol. The van der Waals surface area contributed by atoms with Gasteiger partial charge in [-0.2, -0.15) is 0 Å². The third-order valence-corrected chi connectivity index (χ3v) is 2.00. The fraction of sp³-hybridized carbons (Fsp3) is 0.111. The van der Waals surface area contributed by atoms with Gasteiger partial charge in [-0.1, -0.05) is 0 Å². The number of halogens is 5. The van der Waals surface area contributed by atoms with Crippen LogP contribution in [0.5, 0.6) is 0 Å². The van der Waals surface area contributed by atoms with Crippen LogP contribution in [0.3, 0.4) is 0 Å². The molecular formula is C9HF5O4-2. The number of carboxylic acids is 2. The fourth-order valence-electron chi connectivity index (χ4n) is 1.21. The highest BCUT2D eigenvalue weighted by Gasteiger charge is 2.31. The Hall–Kier alpha value is -2.19. The van der Waals surface area contributed by atoms with Crippen molar-refractivity contribution in [3.63, 3.8) is 0 Å². The molecule has 0 N–H and O–H groups in total. The molecule has 0 atom stereocenters. The molecule has 4 nitrogen and oxygen atoms in total. The standard InChI is InChI=1S/C9H3F5O4/c10-3-1(2(8(15)16)9(17)18)4(11)6(13)7(14)5(3)12/h2H,(H,15,16)(H,17,18)/p-2. The van der Waals surface area contributed by atoms with Gasteiger partial charge in [0.05, 0.1) is 17.9 Å². The van der Waals surface area contributed by atoms with Crippen LogP contribution < -0.4 is 10.2 Å². The molecule has 1 rings (SSSR count). The van der Waals surface area contributed by atoms with E-state index in [1.807, 2.05) is 0 Å². The van der Waals surface area contributed by atoms with E-state index in [2.05, 4.69) is 0 Å². The van der Waals surface area contributed by atoms with Crippen LogP contribution in [0, 0.1) is 29.1 Å². The molecule has 0 aliphatic heterocycles. The Morgan fingerprint density at radius 2 is 1.00 bits per heavy atom. The Kier molecular flexibility index (Phi) is 3.54. The van der Waals surface area contributed by atoms with Crippen LogP contribution in [-0.2, 0) is 9.59 Å². The predicted molar refractivity (Wildman–Crippen MR) is 39.0 cm³/mol. The van der Waals surface area contributed by atoms with Crippen LogP contribution >= 0.6 is 0 Å². The van der Waals surface area contributed by atoms with E-state index in [4.69, 9.17) is 0 Å². The number of carboxylic acid groups (broad SMARTS) is 2. The summed E-state index contributed by atoms with van der Waals surface area (Å²) in [5.74, 6) is -20.8. The number of hydrogen-bond donors (Lipinski definition) is 0. The minimum atomic E-state index is -3.12. The minimum Gasteiger partial charge on any atom is -0.549 e. The lowest BCUT2D eigenvalue weighted by atomic mass is 9.97. The van der Waals surface area contributed by atoms with Crippen molar-refractivity contribution in [2.24, 2.45) is 0 Å². The molecule has 0 fully saturated rings. The molecule has 0 heterocycles. The number of carbonyl (C=O) groups is 2. The molecule has 0 aliphatic rings. The third-order valence-electron chi connectivity index (χ3n) is 2.00. The number of hydrogen-bond acceptors (Lipinski definition) is 4. The molecule has 0 aliphatic carbocycles. The maximum Gasteiger partial charge on any atom is 0.200 e. The summed E-state index contributed by atoms with van der Waals surface area (Å²) in [6.07, 6.45) is 0. The van der Waals surface area contributed by atoms with Crippen LogP contribution in [0.1, 0.15) is 11.5 Å². The van der Waals surface area contributed by atoms with E-state index < -0.39 is 52.5 Å². The molecular weight excluding hydrogens is 267 g/mol. The minimum absolute atomic E-state index is 2.04. The first-order valence-corrected chi connectivity index (χ1v) is 4.13. The van der Waals surface area contributed by atoms with Crippen molar-refractivity contribution in [2.45, 2.75) is 5.92 Å². The van der Waals surface area contributed by atoms with Gasteiger partial charge >= 0.3 is 0 Å². The summed E-state index contributed by atoms with van der Waals surface area (Å²) >= 11 is 0. The first-order valence-electron chi connectivity index (χ1n) is 4.13. The van der Waals surface area contributed by atoms with E-state index in [1.165, 1.54) is 0 Å². The highest BCUT2D eigenvalue weighted by Crippen LogP contribution is 2.28. The van der Waals surface area contributed by atoms with Crippen molar-refractivity contribution >= 4 is 11.9 Å². The van der Waals surface area contributed by atoms with Gasteiger partial charge < -0.3 is 19.8 Å². The second-order valence-electron chi connectivity index (χ2n) is 3.05. The van der Waals surface area contributed by atoms with Crippen molar-refractivity contribution in [2.75, 3.05) is 0 Å². The first kappa shape index (κ1) is 13.9. The quantitative estimate of drug-likeness (QED) is 0.304. The van der Waals surface area contributed by atoms with Gasteiger partial charge in [-0.05, 0) is 0 Å². The Labute approximate surface area is 95.3 Å². The Morgan fingerprint density at radius 3 is 1.28 bits per heavy atom. The SMILES string of the molecule is O=C([O-])C(C(=O)[O-])c1c(F)c(F)c(F)c(F)c1F. The molecule has 0 radical (unpaired) electrons. The number of rotatable bonds is 3. The van der Waals surface area contributed by atoms with Crippen LogP contribution in [0.25, 0.3) is 0 Å². The summed E-state index contributed by atoms with van der Waals surface area (Å²) < 4.78 is 64.2. The summed E-state index contributed by atoms with van der Waals surface area (Å²) in [5.41, 5.74) is -2.04. The Bertz CT molecular complexity index is 499. The van der Waals surface area contributed by atoms with E-state index in [0.717, 1.165) is 0 Å². The van der Waals surface area contributed by atoms with E-state index in [-0.39, 0.29) is 0 Å². The molecule has 0 bridgehead atoms. The molecule has 1 aromatic rings. The smallest absolute Gasteiger partial charge is 0.200 e. The lowest BCUT2D eigenvalue weighted by Gasteiger charge is -2.21. The Morgan fingerprint density at radius 1 is 0.722 bits per heavy atom. The van der Waals surface area contributed by atoms with Crippen molar-refractivity contribution in [3.05, 3.63) is 34.6 Å². The van der Waals surface area contributed by atoms with Crippen LogP contribution in [-0.4, -0.2) is 11.9 Å². The van der Waals surface area contributed by atoms with Gasteiger partial charge in [-0.25, -0.2) is 22.0 Å². The molecule has 0 unspecified atom stereocenters. The highest BCUT2D eigenvalue weighted by atomic mass is 19.2. The fourth-order valence-corrected chi connectivity index (χ4v) is 1.21. The monoisotopic (exact) mass is 268 g/mol. The second-order valence-corrected chi connectivity index (χ2v) is 3.05. The number of benzene rings is 1. The zero-order chi connectivity index (χ0) is 14.2. The number of aliphatic carboxylic acids is 2. The maximum atomic E-state index is 13.1. The summed E-state index contributed by atoms with van der Waals surface area (Å²) in [4.78, 5) is 20.7. The molecule has 98 valence electrons. The van der Waals surface area contributed by atoms with Crippen molar-refractivity contribution in [1.29, 1.82) is 0 Å². The zero-order valence-corrected chi connectivity index (χ0v) is 8.10. The first-order chi connectivity index (χ1) is 8.20. The van der Waals surface area contributed by atoms with E-state index >= 15 is 0 Å². The van der Waals surface area contributed by atoms with Crippen molar-refractivity contribution < 1.29 is 41.8 Å². The number of carbonyl (C=O) groups excluding carboxylic acids is 2. The van der Waals surface area contributed by atoms with Crippen LogP contribution in [0.15, 0.2) is 0 Å². The third kappa shape index (κ3) is 1.98. The molecule has 0 aromatic heterocycles. The van der Waals surface area contributed by atoms with E-state index in [9.17, 15) is 41.8 Å². The lowest BCUT2D eigenvalue weighted by molar-refractivity contribution is -0.326. The molecule has 0 spiro atoms. The van der Waals surface area contributed by atoms with Crippen LogP contribution in [0.2, 0.25) is 0 Å². The van der Waals surface area contributed by atoms with E-state index in [0.29, 0.717) is 0 Å². The van der Waals surface area contributed by atoms with Gasteiger partial charge in [0.25, 0.3) is 0 Å². The molecule has 0 saturated heterocycles. The molecule has 9 heteroatoms. The predicted octanol–water partition coefficient (Wildman–Crippen LogP) is -1.03. The van der Waals surface area contributed by atoms with Crippen molar-refractivity contribution in [3.8, 4) is 0 Å². The molecule has 0 saturated carbocycles. The molecule has 18 heavy (non-hydrogen) atoms. The lowest BCUT2D eigenvalue weighted by Crippen LogP contribution is -2.42. The molecule has 1 aromatic carbocycles. The van der Waals surface area contributed by atoms with E-state index in [1.54, 1.807) is 0 Å². The average Bonchev–Trinajstić information content (AvgIpc) is 2.28. The summed E-state index contributed by atoms with van der Waals surface area (Å²) in [6.45, 7) is 0. The van der Waals surface area contributed by atoms with Gasteiger partial charge in [0.1, 0.15) is 0 Å². The topological polar surface area (TPSA) is 80.3 Å². The summed E-state index contributed by atoms with van der Waals surface area (Å²) in [6, 6.07) is 0.